The summed E-state index contributed by atoms with van der Waals surface area (Å²) in [6.07, 6.45) is 0. The van der Waals surface area contributed by atoms with Gasteiger partial charge in [-0.2, -0.15) is 5.10 Å². The lowest BCUT2D eigenvalue weighted by Gasteiger charge is -1.96. The fraction of sp³-hybridized carbons (Fsp3) is 0. The van der Waals surface area contributed by atoms with Gasteiger partial charge in [-0.05, 0) is 6.07 Å². The molecule has 1 heterocycles. The lowest BCUT2D eigenvalue weighted by molar-refractivity contribution is -0.384. The van der Waals surface area contributed by atoms with Crippen molar-refractivity contribution < 1.29 is 9.72 Å². The fourth-order valence-corrected chi connectivity index (χ4v) is 1.38. The number of anilines is 1. The Kier molecular flexibility index (Phi) is 1.86. The molecule has 0 saturated heterocycles. The first kappa shape index (κ1) is 9.13. The van der Waals surface area contributed by atoms with Crippen LogP contribution in [-0.4, -0.2) is 16.5 Å². The number of rotatable bonds is 1. The number of fused-ring (bicyclic) bond motifs is 1. The number of hydrogen-bond donors (Lipinski definition) is 2. The van der Waals surface area contributed by atoms with Gasteiger partial charge in [-0.1, -0.05) is 0 Å². The number of carbonyl (C=O) groups excluding carboxylic acids is 1. The minimum Gasteiger partial charge on any atom is -0.322 e. The number of non-ortho nitro benzene ring substituents is 1. The van der Waals surface area contributed by atoms with E-state index in [9.17, 15) is 14.9 Å². The molecule has 76 valence electrons. The summed E-state index contributed by atoms with van der Waals surface area (Å²) in [6.45, 7) is 0. The van der Waals surface area contributed by atoms with Crippen molar-refractivity contribution in [3.05, 3.63) is 33.9 Å². The minimum absolute atomic E-state index is 0.00806. The lowest BCUT2D eigenvalue weighted by atomic mass is 10.1. The smallest absolute Gasteiger partial charge is 0.276 e. The number of nitrogens with zero attached hydrogens (tertiary/aromatic N) is 2. The van der Waals surface area contributed by atoms with E-state index < -0.39 is 10.8 Å². The summed E-state index contributed by atoms with van der Waals surface area (Å²) >= 11 is 0. The van der Waals surface area contributed by atoms with Crippen LogP contribution in [0.4, 0.5) is 11.4 Å². The maximum atomic E-state index is 11.3. The van der Waals surface area contributed by atoms with E-state index in [0.717, 1.165) is 0 Å². The first-order valence-electron chi connectivity index (χ1n) is 4.01. The molecule has 0 saturated carbocycles. The molecule has 1 amide bonds. The van der Waals surface area contributed by atoms with Gasteiger partial charge in [0.05, 0.1) is 10.6 Å². The van der Waals surface area contributed by atoms with Crippen LogP contribution in [0.25, 0.3) is 0 Å². The number of nitro groups is 1. The van der Waals surface area contributed by atoms with E-state index in [0.29, 0.717) is 11.3 Å². The van der Waals surface area contributed by atoms with Crippen LogP contribution in [0.2, 0.25) is 0 Å². The molecule has 0 atom stereocenters. The maximum absolute atomic E-state index is 11.3. The van der Waals surface area contributed by atoms with Crippen LogP contribution in [0, 0.1) is 10.1 Å². The zero-order valence-corrected chi connectivity index (χ0v) is 7.43. The van der Waals surface area contributed by atoms with Crippen LogP contribution >= 0.6 is 0 Å². The summed E-state index contributed by atoms with van der Waals surface area (Å²) in [4.78, 5) is 21.2. The largest absolute Gasteiger partial charge is 0.322 e. The quantitative estimate of drug-likeness (QED) is 0.388. The summed E-state index contributed by atoms with van der Waals surface area (Å²) in [5, 5.41) is 16.3. The highest BCUT2D eigenvalue weighted by molar-refractivity contribution is 6.53. The van der Waals surface area contributed by atoms with E-state index in [-0.39, 0.29) is 11.4 Å². The zero-order chi connectivity index (χ0) is 11.0. The standard InChI is InChI=1S/C8H6N4O3/c9-11-7-5-3-4(12(14)15)1-2-6(5)10-8(7)13/h1-3H,9H2,(H,10,11,13). The highest BCUT2D eigenvalue weighted by Gasteiger charge is 2.27. The Bertz CT molecular complexity index is 495. The average molecular weight is 206 g/mol. The molecule has 1 aromatic carbocycles. The third-order valence-corrected chi connectivity index (χ3v) is 2.06. The number of nitro benzene ring substituents is 1. The Balaban J connectivity index is 2.59. The first-order valence-corrected chi connectivity index (χ1v) is 4.01. The summed E-state index contributed by atoms with van der Waals surface area (Å²) in [5.74, 6) is 4.57. The molecule has 2 rings (SSSR count). The number of carbonyl (C=O) groups is 1. The molecule has 1 aromatic rings. The monoisotopic (exact) mass is 206 g/mol. The molecule has 0 spiro atoms. The minimum atomic E-state index is -0.544. The fourth-order valence-electron chi connectivity index (χ4n) is 1.38. The van der Waals surface area contributed by atoms with Crippen molar-refractivity contribution in [1.29, 1.82) is 0 Å². The van der Waals surface area contributed by atoms with Gasteiger partial charge in [-0.15, -0.1) is 0 Å². The van der Waals surface area contributed by atoms with Gasteiger partial charge in [0, 0.05) is 17.7 Å². The third kappa shape index (κ3) is 1.30. The van der Waals surface area contributed by atoms with E-state index in [4.69, 9.17) is 5.84 Å². The molecule has 3 N–H and O–H groups in total. The number of amides is 1. The molecule has 1 aliphatic heterocycles. The van der Waals surface area contributed by atoms with Crippen molar-refractivity contribution in [3.63, 3.8) is 0 Å². The van der Waals surface area contributed by atoms with E-state index >= 15 is 0 Å². The van der Waals surface area contributed by atoms with E-state index in [2.05, 4.69) is 10.4 Å². The Hall–Kier alpha value is -2.44. The van der Waals surface area contributed by atoms with Gasteiger partial charge in [0.15, 0.2) is 5.71 Å². The number of hydrogen-bond acceptors (Lipinski definition) is 5. The lowest BCUT2D eigenvalue weighted by Crippen LogP contribution is -2.15. The molecule has 15 heavy (non-hydrogen) atoms. The zero-order valence-electron chi connectivity index (χ0n) is 7.43. The van der Waals surface area contributed by atoms with Crippen molar-refractivity contribution >= 4 is 23.0 Å². The third-order valence-electron chi connectivity index (χ3n) is 2.06. The molecular weight excluding hydrogens is 200 g/mol. The molecule has 7 heteroatoms. The van der Waals surface area contributed by atoms with Crippen molar-refractivity contribution in [1.82, 2.24) is 0 Å². The Morgan fingerprint density at radius 1 is 1.47 bits per heavy atom. The molecule has 0 radical (unpaired) electrons. The molecule has 0 fully saturated rings. The maximum Gasteiger partial charge on any atom is 0.276 e. The van der Waals surface area contributed by atoms with Gasteiger partial charge >= 0.3 is 0 Å². The summed E-state index contributed by atoms with van der Waals surface area (Å²) < 4.78 is 0. The Morgan fingerprint density at radius 3 is 2.80 bits per heavy atom. The van der Waals surface area contributed by atoms with E-state index in [1.165, 1.54) is 18.2 Å². The van der Waals surface area contributed by atoms with Gasteiger partial charge in [-0.25, -0.2) is 0 Å². The molecule has 1 aliphatic rings. The molecule has 7 nitrogen and oxygen atoms in total. The molecule has 0 bridgehead atoms. The Labute approximate surface area is 83.7 Å². The predicted octanol–water partition coefficient (Wildman–Crippen LogP) is 0.210. The van der Waals surface area contributed by atoms with Crippen molar-refractivity contribution in [2.24, 2.45) is 10.9 Å². The number of nitrogens with two attached hydrogens (primary N) is 1. The average Bonchev–Trinajstić information content (AvgIpc) is 2.51. The molecule has 0 unspecified atom stereocenters. The van der Waals surface area contributed by atoms with Crippen LogP contribution < -0.4 is 11.2 Å². The number of nitrogens with one attached hydrogen (secondary N) is 1. The summed E-state index contributed by atoms with van der Waals surface area (Å²) in [6, 6.07) is 4.01. The topological polar surface area (TPSA) is 111 Å². The van der Waals surface area contributed by atoms with E-state index in [1.54, 1.807) is 0 Å². The molecule has 0 aromatic heterocycles. The van der Waals surface area contributed by atoms with Crippen LogP contribution in [-0.2, 0) is 4.79 Å². The van der Waals surface area contributed by atoms with Crippen LogP contribution in [0.15, 0.2) is 23.3 Å². The number of benzene rings is 1. The van der Waals surface area contributed by atoms with Gasteiger partial charge in [0.2, 0.25) is 0 Å². The Morgan fingerprint density at radius 2 is 2.20 bits per heavy atom. The van der Waals surface area contributed by atoms with Gasteiger partial charge in [0.1, 0.15) is 0 Å². The normalized spacial score (nSPS) is 16.3. The van der Waals surface area contributed by atoms with Gasteiger partial charge < -0.3 is 11.2 Å². The van der Waals surface area contributed by atoms with Crippen LogP contribution in [0.3, 0.4) is 0 Å². The van der Waals surface area contributed by atoms with Crippen molar-refractivity contribution in [2.45, 2.75) is 0 Å². The van der Waals surface area contributed by atoms with Crippen molar-refractivity contribution in [3.8, 4) is 0 Å². The second-order valence-electron chi connectivity index (χ2n) is 2.92. The van der Waals surface area contributed by atoms with E-state index in [1.807, 2.05) is 0 Å². The predicted molar refractivity (Wildman–Crippen MR) is 52.5 cm³/mol. The van der Waals surface area contributed by atoms with Crippen LogP contribution in [0.1, 0.15) is 5.56 Å². The highest BCUT2D eigenvalue weighted by atomic mass is 16.6. The highest BCUT2D eigenvalue weighted by Crippen LogP contribution is 2.27. The summed E-state index contributed by atoms with van der Waals surface area (Å²) in [5.41, 5.74) is 0.742. The van der Waals surface area contributed by atoms with Gasteiger partial charge in [-0.3, -0.25) is 14.9 Å². The second-order valence-corrected chi connectivity index (χ2v) is 2.92. The molecular formula is C8H6N4O3. The number of hydrazone groups is 1. The summed E-state index contributed by atoms with van der Waals surface area (Å²) in [7, 11) is 0. The van der Waals surface area contributed by atoms with Crippen molar-refractivity contribution in [2.75, 3.05) is 5.32 Å². The second kappa shape index (κ2) is 3.05. The molecule has 0 aliphatic carbocycles. The van der Waals surface area contributed by atoms with Gasteiger partial charge in [0.25, 0.3) is 11.6 Å². The van der Waals surface area contributed by atoms with Crippen LogP contribution in [0.5, 0.6) is 0 Å². The first-order chi connectivity index (χ1) is 7.13. The SMILES string of the molecule is N/N=C1\C(=O)Nc2ccc([N+](=O)[O-])cc21.